The van der Waals surface area contributed by atoms with Gasteiger partial charge in [0, 0.05) is 39.3 Å². The Kier molecular flexibility index (Phi) is 6.78. The molecular formula is C41H30N2S. The molecule has 0 radical (unpaired) electrons. The predicted octanol–water partition coefficient (Wildman–Crippen LogP) is 11.8. The van der Waals surface area contributed by atoms with Gasteiger partial charge in [-0.1, -0.05) is 127 Å². The summed E-state index contributed by atoms with van der Waals surface area (Å²) >= 11 is 1.83. The number of hydrogen-bond acceptors (Lipinski definition) is 3. The summed E-state index contributed by atoms with van der Waals surface area (Å²) in [6, 6.07) is 54.6. The van der Waals surface area contributed by atoms with Crippen LogP contribution in [0.25, 0.3) is 49.5 Å². The largest absolute Gasteiger partial charge is 0.373 e. The van der Waals surface area contributed by atoms with Gasteiger partial charge in [-0.2, -0.15) is 0 Å². The number of nitrogens with zero attached hydrogens (tertiary/aromatic N) is 1. The number of anilines is 4. The molecule has 0 unspecified atom stereocenters. The topological polar surface area (TPSA) is 15.3 Å². The maximum Gasteiger partial charge on any atom is 0.0971 e. The van der Waals surface area contributed by atoms with Gasteiger partial charge < -0.3 is 10.2 Å². The van der Waals surface area contributed by atoms with Crippen LogP contribution in [0.2, 0.25) is 0 Å². The minimum atomic E-state index is 0.883. The van der Waals surface area contributed by atoms with Crippen LogP contribution in [-0.2, 0) is 0 Å². The van der Waals surface area contributed by atoms with Gasteiger partial charge in [0.25, 0.3) is 0 Å². The molecule has 210 valence electrons. The minimum Gasteiger partial charge on any atom is -0.373 e. The van der Waals surface area contributed by atoms with Crippen LogP contribution >= 0.6 is 11.3 Å². The zero-order valence-corrected chi connectivity index (χ0v) is 25.0. The lowest BCUT2D eigenvalue weighted by Gasteiger charge is -2.26. The lowest BCUT2D eigenvalue weighted by Crippen LogP contribution is -2.09. The van der Waals surface area contributed by atoms with Crippen LogP contribution in [0.15, 0.2) is 158 Å². The number of hydrogen-bond donors (Lipinski definition) is 1. The molecule has 6 aromatic carbocycles. The number of benzene rings is 6. The molecule has 3 heteroatoms. The third-order valence-corrected chi connectivity index (χ3v) is 9.44. The van der Waals surface area contributed by atoms with E-state index in [1.165, 1.54) is 54.0 Å². The van der Waals surface area contributed by atoms with E-state index < -0.39 is 0 Å². The molecule has 1 aliphatic heterocycles. The normalized spacial score (nSPS) is 12.1. The fourth-order valence-electron chi connectivity index (χ4n) is 6.04. The molecule has 2 heterocycles. The Morgan fingerprint density at radius 2 is 0.932 bits per heavy atom. The first kappa shape index (κ1) is 26.3. The monoisotopic (exact) mass is 582 g/mol. The second-order valence-electron chi connectivity index (χ2n) is 11.0. The highest BCUT2D eigenvalue weighted by Gasteiger charge is 2.17. The van der Waals surface area contributed by atoms with Gasteiger partial charge in [-0.25, -0.2) is 0 Å². The molecule has 1 aromatic heterocycles. The summed E-state index contributed by atoms with van der Waals surface area (Å²) in [7, 11) is 0. The maximum absolute atomic E-state index is 3.54. The van der Waals surface area contributed by atoms with E-state index in [2.05, 4.69) is 174 Å². The van der Waals surface area contributed by atoms with Gasteiger partial charge in [0.05, 0.1) is 5.00 Å². The Bertz CT molecular complexity index is 2070. The SMILES string of the molecule is C1=Cc2c(sc3cc(N(c4ccc(-c5ccccc5)cc4)c4ccc(-c5ccc(-c6ccccc6)cc5)cc4)ccc23)NC1. The number of fused-ring (bicyclic) bond motifs is 3. The van der Waals surface area contributed by atoms with E-state index in [1.54, 1.807) is 0 Å². The van der Waals surface area contributed by atoms with Crippen LogP contribution in [-0.4, -0.2) is 6.54 Å². The van der Waals surface area contributed by atoms with E-state index in [9.17, 15) is 0 Å². The Morgan fingerprint density at radius 3 is 1.45 bits per heavy atom. The molecule has 0 spiro atoms. The van der Waals surface area contributed by atoms with Crippen LogP contribution in [0.1, 0.15) is 5.56 Å². The average Bonchev–Trinajstić information content (AvgIpc) is 3.48. The fraction of sp³-hybridized carbons (Fsp3) is 0.0244. The average molecular weight is 583 g/mol. The number of nitrogens with one attached hydrogen (secondary N) is 1. The molecule has 0 fully saturated rings. The van der Waals surface area contributed by atoms with Crippen molar-refractivity contribution in [1.82, 2.24) is 0 Å². The van der Waals surface area contributed by atoms with Crippen molar-refractivity contribution >= 4 is 49.6 Å². The van der Waals surface area contributed by atoms with E-state index in [0.717, 1.165) is 23.6 Å². The van der Waals surface area contributed by atoms with Crippen molar-refractivity contribution in [2.24, 2.45) is 0 Å². The lowest BCUT2D eigenvalue weighted by atomic mass is 10.00. The Balaban J connectivity index is 1.17. The highest BCUT2D eigenvalue weighted by Crippen LogP contribution is 2.43. The summed E-state index contributed by atoms with van der Waals surface area (Å²) in [6.07, 6.45) is 4.44. The van der Waals surface area contributed by atoms with Gasteiger partial charge in [-0.05, 0) is 69.8 Å². The van der Waals surface area contributed by atoms with E-state index in [1.807, 2.05) is 11.3 Å². The van der Waals surface area contributed by atoms with Gasteiger partial charge in [0.2, 0.25) is 0 Å². The molecule has 0 saturated heterocycles. The van der Waals surface area contributed by atoms with Crippen molar-refractivity contribution in [1.29, 1.82) is 0 Å². The molecule has 1 N–H and O–H groups in total. The van der Waals surface area contributed by atoms with Gasteiger partial charge >= 0.3 is 0 Å². The number of thiophene rings is 1. The summed E-state index contributed by atoms with van der Waals surface area (Å²) in [4.78, 5) is 2.36. The molecule has 2 nitrogen and oxygen atoms in total. The molecular weight excluding hydrogens is 553 g/mol. The standard InChI is InChI=1S/C41H30N2S/c1-3-8-29(9-4-1)31-13-15-32(16-14-31)34-19-23-36(24-20-34)43(35-21-17-33(18-22-35)30-10-5-2-6-11-30)37-25-26-38-39-12-7-27-42-41(39)44-40(38)28-37/h1-26,28,42H,27H2. The summed E-state index contributed by atoms with van der Waals surface area (Å²) in [5.74, 6) is 0. The van der Waals surface area contributed by atoms with Crippen molar-refractivity contribution in [2.75, 3.05) is 16.8 Å². The highest BCUT2D eigenvalue weighted by molar-refractivity contribution is 7.23. The van der Waals surface area contributed by atoms with E-state index in [0.29, 0.717) is 0 Å². The summed E-state index contributed by atoms with van der Waals surface area (Å²) in [5, 5.41) is 6.09. The Labute approximate surface area is 262 Å². The molecule has 0 amide bonds. The first-order chi connectivity index (χ1) is 21.8. The Morgan fingerprint density at radius 1 is 0.477 bits per heavy atom. The van der Waals surface area contributed by atoms with Crippen LogP contribution in [0.4, 0.5) is 22.1 Å². The fourth-order valence-corrected chi connectivity index (χ4v) is 7.17. The quantitative estimate of drug-likeness (QED) is 0.210. The van der Waals surface area contributed by atoms with Crippen molar-refractivity contribution in [3.63, 3.8) is 0 Å². The molecule has 0 atom stereocenters. The van der Waals surface area contributed by atoms with Crippen LogP contribution in [0.5, 0.6) is 0 Å². The van der Waals surface area contributed by atoms with Crippen LogP contribution < -0.4 is 10.2 Å². The van der Waals surface area contributed by atoms with Gasteiger partial charge in [0.15, 0.2) is 0 Å². The second-order valence-corrected chi connectivity index (χ2v) is 12.1. The third kappa shape index (κ3) is 4.98. The van der Waals surface area contributed by atoms with Crippen molar-refractivity contribution in [2.45, 2.75) is 0 Å². The summed E-state index contributed by atoms with van der Waals surface area (Å²) < 4.78 is 1.28. The summed E-state index contributed by atoms with van der Waals surface area (Å²) in [6.45, 7) is 0.883. The smallest absolute Gasteiger partial charge is 0.0971 e. The molecule has 8 rings (SSSR count). The van der Waals surface area contributed by atoms with Gasteiger partial charge in [-0.15, -0.1) is 11.3 Å². The third-order valence-electron chi connectivity index (χ3n) is 8.32. The van der Waals surface area contributed by atoms with E-state index in [-0.39, 0.29) is 0 Å². The highest BCUT2D eigenvalue weighted by atomic mass is 32.1. The zero-order chi connectivity index (χ0) is 29.3. The number of rotatable bonds is 6. The molecule has 0 bridgehead atoms. The Hall–Kier alpha value is -5.38. The van der Waals surface area contributed by atoms with Gasteiger partial charge in [-0.3, -0.25) is 0 Å². The van der Waals surface area contributed by atoms with Crippen LogP contribution in [0, 0.1) is 0 Å². The van der Waals surface area contributed by atoms with E-state index >= 15 is 0 Å². The molecule has 1 aliphatic rings. The first-order valence-corrected chi connectivity index (χ1v) is 15.8. The van der Waals surface area contributed by atoms with Crippen molar-refractivity contribution in [3.05, 3.63) is 163 Å². The molecule has 0 saturated carbocycles. The van der Waals surface area contributed by atoms with Gasteiger partial charge in [0.1, 0.15) is 0 Å². The second kappa shape index (κ2) is 11.4. The van der Waals surface area contributed by atoms with Crippen molar-refractivity contribution in [3.8, 4) is 33.4 Å². The van der Waals surface area contributed by atoms with Crippen LogP contribution in [0.3, 0.4) is 0 Å². The van der Waals surface area contributed by atoms with Crippen molar-refractivity contribution < 1.29 is 0 Å². The maximum atomic E-state index is 3.54. The predicted molar refractivity (Wildman–Crippen MR) is 190 cm³/mol. The minimum absolute atomic E-state index is 0.883. The molecule has 44 heavy (non-hydrogen) atoms. The molecule has 7 aromatic rings. The first-order valence-electron chi connectivity index (χ1n) is 15.0. The molecule has 0 aliphatic carbocycles. The van der Waals surface area contributed by atoms with E-state index in [4.69, 9.17) is 0 Å². The zero-order valence-electron chi connectivity index (χ0n) is 24.2. The lowest BCUT2D eigenvalue weighted by molar-refractivity contribution is 1.29. The summed E-state index contributed by atoms with van der Waals surface area (Å²) in [5.41, 5.74) is 12.0.